The lowest BCUT2D eigenvalue weighted by atomic mass is 10.1. The quantitative estimate of drug-likeness (QED) is 0.170. The first-order chi connectivity index (χ1) is 15.0. The van der Waals surface area contributed by atoms with Crippen molar-refractivity contribution in [2.24, 2.45) is 0 Å². The molecule has 2 aromatic rings. The first kappa shape index (κ1) is 26.1. The number of aromatic nitrogens is 4. The van der Waals surface area contributed by atoms with Gasteiger partial charge in [-0.25, -0.2) is 18.7 Å². The van der Waals surface area contributed by atoms with E-state index >= 15 is 0 Å². The van der Waals surface area contributed by atoms with Crippen molar-refractivity contribution in [3.63, 3.8) is 0 Å². The van der Waals surface area contributed by atoms with Crippen molar-refractivity contribution in [2.45, 2.75) is 37.6 Å². The summed E-state index contributed by atoms with van der Waals surface area (Å²) < 4.78 is 52.4. The molecule has 3 unspecified atom stereocenters. The Morgan fingerprint density at radius 1 is 1.15 bits per heavy atom. The summed E-state index contributed by atoms with van der Waals surface area (Å²) in [5.74, 6) is -0.278. The summed E-state index contributed by atoms with van der Waals surface area (Å²) in [5.41, 5.74) is 4.51. The largest absolute Gasteiger partial charge is 0.490 e. The number of phosphoric acid groups is 3. The summed E-state index contributed by atoms with van der Waals surface area (Å²) >= 11 is 0. The highest BCUT2D eigenvalue weighted by atomic mass is 31.3. The van der Waals surface area contributed by atoms with Crippen LogP contribution in [0.5, 0.6) is 0 Å². The highest BCUT2D eigenvalue weighted by molar-refractivity contribution is 7.66. The zero-order valence-corrected chi connectivity index (χ0v) is 18.9. The highest BCUT2D eigenvalue weighted by Gasteiger charge is 2.49. The predicted molar refractivity (Wildman–Crippen MR) is 103 cm³/mol. The summed E-state index contributed by atoms with van der Waals surface area (Å²) in [4.78, 5) is 57.7. The van der Waals surface area contributed by atoms with Crippen LogP contribution in [0.4, 0.5) is 5.95 Å². The maximum atomic E-state index is 12.0. The van der Waals surface area contributed by atoms with Gasteiger partial charge < -0.3 is 40.3 Å². The van der Waals surface area contributed by atoms with Gasteiger partial charge in [0.05, 0.1) is 12.4 Å². The number of phosphoric ester groups is 1. The van der Waals surface area contributed by atoms with Crippen LogP contribution in [0.1, 0.15) is 13.2 Å². The molecule has 0 spiro atoms. The molecule has 0 aromatic carbocycles. The average Bonchev–Trinajstić information content (AvgIpc) is 3.13. The van der Waals surface area contributed by atoms with Gasteiger partial charge in [-0.15, -0.1) is 0 Å². The van der Waals surface area contributed by atoms with Gasteiger partial charge in [0, 0.05) is 0 Å². The Labute approximate surface area is 182 Å². The fourth-order valence-corrected chi connectivity index (χ4v) is 6.20. The summed E-state index contributed by atoms with van der Waals surface area (Å²) in [7, 11) is -16.9. The first-order valence-electron chi connectivity index (χ1n) is 8.56. The van der Waals surface area contributed by atoms with Crippen LogP contribution in [0.25, 0.3) is 11.2 Å². The Balaban J connectivity index is 1.78. The molecule has 3 heterocycles. The molecular weight excluding hydrogens is 519 g/mol. The van der Waals surface area contributed by atoms with E-state index in [1.807, 2.05) is 0 Å². The maximum absolute atomic E-state index is 12.0. The molecule has 0 bridgehead atoms. The number of nitrogens with zero attached hydrogens (tertiary/aromatic N) is 3. The summed E-state index contributed by atoms with van der Waals surface area (Å²) in [6, 6.07) is 0. The number of hydrogen-bond acceptors (Lipinski definition) is 13. The monoisotopic (exact) mass is 537 g/mol. The van der Waals surface area contributed by atoms with Gasteiger partial charge in [-0.2, -0.15) is 13.6 Å². The van der Waals surface area contributed by atoms with Gasteiger partial charge >= 0.3 is 23.5 Å². The highest BCUT2D eigenvalue weighted by Crippen LogP contribution is 2.66. The Bertz CT molecular complexity index is 1240. The molecule has 0 saturated carbocycles. The molecule has 22 heteroatoms. The van der Waals surface area contributed by atoms with E-state index < -0.39 is 59.7 Å². The lowest BCUT2D eigenvalue weighted by Gasteiger charge is -2.24. The molecule has 3 rings (SSSR count). The third-order valence-electron chi connectivity index (χ3n) is 4.18. The topological polar surface area (TPSA) is 299 Å². The van der Waals surface area contributed by atoms with Gasteiger partial charge in [0.2, 0.25) is 5.95 Å². The molecule has 0 aliphatic carbocycles. The minimum absolute atomic E-state index is 0.117. The van der Waals surface area contributed by atoms with Crippen LogP contribution in [0.15, 0.2) is 11.1 Å². The second-order valence-corrected chi connectivity index (χ2v) is 11.0. The number of nitrogen functional groups attached to an aromatic ring is 1. The lowest BCUT2D eigenvalue weighted by molar-refractivity contribution is -0.0755. The second-order valence-electron chi connectivity index (χ2n) is 6.65. The van der Waals surface area contributed by atoms with E-state index in [9.17, 15) is 38.5 Å². The Kier molecular flexibility index (Phi) is 7.03. The number of ether oxygens (including phenoxy) is 1. The molecule has 1 saturated heterocycles. The van der Waals surface area contributed by atoms with Crippen molar-refractivity contribution in [1.82, 2.24) is 19.5 Å². The van der Waals surface area contributed by atoms with Crippen molar-refractivity contribution in [2.75, 3.05) is 5.73 Å². The van der Waals surface area contributed by atoms with E-state index in [1.165, 1.54) is 0 Å². The van der Waals surface area contributed by atoms with Gasteiger partial charge in [0.25, 0.3) is 5.56 Å². The third kappa shape index (κ3) is 5.93. The molecule has 0 amide bonds. The van der Waals surface area contributed by atoms with Crippen molar-refractivity contribution in [1.29, 1.82) is 0 Å². The summed E-state index contributed by atoms with van der Waals surface area (Å²) in [6.07, 6.45) is -7.04. The lowest BCUT2D eigenvalue weighted by Crippen LogP contribution is -2.38. The molecule has 1 aliphatic rings. The van der Waals surface area contributed by atoms with Crippen LogP contribution in [0, 0.1) is 0 Å². The van der Waals surface area contributed by atoms with Crippen molar-refractivity contribution in [3.05, 3.63) is 16.7 Å². The van der Waals surface area contributed by atoms with E-state index in [2.05, 4.69) is 28.1 Å². The van der Waals surface area contributed by atoms with E-state index in [0.29, 0.717) is 0 Å². The third-order valence-corrected chi connectivity index (χ3v) is 8.10. The van der Waals surface area contributed by atoms with E-state index in [0.717, 1.165) is 17.8 Å². The Morgan fingerprint density at radius 3 is 2.39 bits per heavy atom. The molecule has 33 heavy (non-hydrogen) atoms. The SMILES string of the molecule is C[C@@H](OP(=O)(O)OP(=O)(O)OP(=O)(O)O)[C@H]1O[C@@H](n2cnc3c(=O)[nH]c(N)nc32)[C@@H](O)C1O. The molecule has 7 atom stereocenters. The molecular formula is C11H18N5O14P3. The van der Waals surface area contributed by atoms with Gasteiger partial charge in [0.15, 0.2) is 17.4 Å². The normalized spacial score (nSPS) is 28.5. The zero-order valence-electron chi connectivity index (χ0n) is 16.2. The number of aliphatic hydroxyl groups is 2. The van der Waals surface area contributed by atoms with Crippen molar-refractivity contribution >= 4 is 40.6 Å². The van der Waals surface area contributed by atoms with E-state index in [4.69, 9.17) is 20.3 Å². The Morgan fingerprint density at radius 2 is 1.79 bits per heavy atom. The van der Waals surface area contributed by atoms with Crippen LogP contribution in [-0.2, 0) is 31.6 Å². The van der Waals surface area contributed by atoms with Crippen LogP contribution in [0.3, 0.4) is 0 Å². The van der Waals surface area contributed by atoms with Crippen molar-refractivity contribution in [3.8, 4) is 0 Å². The molecule has 1 fully saturated rings. The summed E-state index contributed by atoms with van der Waals surface area (Å²) in [6.45, 7) is 1.05. The smallest absolute Gasteiger partial charge is 0.387 e. The number of aromatic amines is 1. The number of nitrogens with two attached hydrogens (primary N) is 1. The fraction of sp³-hybridized carbons (Fsp3) is 0.545. The van der Waals surface area contributed by atoms with E-state index in [1.54, 1.807) is 0 Å². The number of aliphatic hydroxyl groups excluding tert-OH is 2. The molecule has 19 nitrogen and oxygen atoms in total. The van der Waals surface area contributed by atoms with Crippen LogP contribution >= 0.6 is 23.5 Å². The van der Waals surface area contributed by atoms with Crippen LogP contribution in [0.2, 0.25) is 0 Å². The second kappa shape index (κ2) is 8.90. The minimum atomic E-state index is -5.76. The number of imidazole rings is 1. The van der Waals surface area contributed by atoms with E-state index in [-0.39, 0.29) is 17.1 Å². The van der Waals surface area contributed by atoms with Gasteiger partial charge in [-0.05, 0) is 6.92 Å². The molecule has 186 valence electrons. The number of hydrogen-bond donors (Lipinski definition) is 8. The number of nitrogens with one attached hydrogen (secondary N) is 1. The molecule has 1 aliphatic heterocycles. The van der Waals surface area contributed by atoms with Gasteiger partial charge in [0.1, 0.15) is 18.3 Å². The average molecular weight is 537 g/mol. The first-order valence-corrected chi connectivity index (χ1v) is 13.1. The number of anilines is 1. The standard InChI is InChI=1S/C11H18N5O14P3/c1-3(28-32(23,24)30-33(25,26)29-31(20,21)22)7-5(17)6(18)10(27-7)16-2-13-4-8(16)14-11(12)15-9(4)19/h2-3,5-7,10,17-18H,1H3,(H,23,24)(H,25,26)(H2,20,21,22)(H3,12,14,15,19)/t3-,5?,6+,7-,10-/m1/s1. The fourth-order valence-electron chi connectivity index (χ4n) is 3.00. The van der Waals surface area contributed by atoms with Crippen LogP contribution < -0.4 is 11.3 Å². The number of fused-ring (bicyclic) bond motifs is 1. The molecule has 2 aromatic heterocycles. The predicted octanol–water partition coefficient (Wildman–Crippen LogP) is -1.95. The Hall–Kier alpha value is -1.56. The molecule has 9 N–H and O–H groups in total. The van der Waals surface area contributed by atoms with Gasteiger partial charge in [-0.3, -0.25) is 18.9 Å². The minimum Gasteiger partial charge on any atom is -0.387 e. The number of rotatable bonds is 8. The van der Waals surface area contributed by atoms with Crippen molar-refractivity contribution < 1.29 is 61.4 Å². The summed E-state index contributed by atoms with van der Waals surface area (Å²) in [5, 5.41) is 20.7. The molecule has 0 radical (unpaired) electrons. The van der Waals surface area contributed by atoms with Crippen LogP contribution in [-0.4, -0.2) is 73.7 Å². The zero-order chi connectivity index (χ0) is 24.9. The number of H-pyrrole nitrogens is 1. The maximum Gasteiger partial charge on any atom is 0.490 e. The van der Waals surface area contributed by atoms with Gasteiger partial charge in [-0.1, -0.05) is 0 Å².